The molecular weight excluding hydrogens is 345 g/mol. The van der Waals surface area contributed by atoms with Crippen LogP contribution in [0.25, 0.3) is 15.5 Å². The Morgan fingerprint density at radius 2 is 2.09 bits per heavy atom. The first-order valence-corrected chi connectivity index (χ1v) is 8.56. The second-order valence-corrected chi connectivity index (χ2v) is 7.29. The van der Waals surface area contributed by atoms with Crippen LogP contribution in [-0.2, 0) is 0 Å². The molecule has 22 heavy (non-hydrogen) atoms. The Hall–Kier alpha value is -2.17. The maximum atomic E-state index is 12.5. The number of pyridine rings is 1. The van der Waals surface area contributed by atoms with Crippen LogP contribution in [-0.4, -0.2) is 40.3 Å². The zero-order valence-corrected chi connectivity index (χ0v) is 14.0. The molecule has 2 aromatic heterocycles. The van der Waals surface area contributed by atoms with Crippen molar-refractivity contribution in [3.63, 3.8) is 0 Å². The zero-order chi connectivity index (χ0) is 15.7. The van der Waals surface area contributed by atoms with Crippen molar-refractivity contribution in [3.05, 3.63) is 63.7 Å². The third kappa shape index (κ3) is 2.75. The summed E-state index contributed by atoms with van der Waals surface area (Å²) in [5.41, 5.74) is 0.719. The molecule has 0 radical (unpaired) electrons. The summed E-state index contributed by atoms with van der Waals surface area (Å²) in [6.45, 7) is 3.66. The summed E-state index contributed by atoms with van der Waals surface area (Å²) in [5, 5.41) is 12.5. The molecule has 0 unspecified atom stereocenters. The van der Waals surface area contributed by atoms with Crippen molar-refractivity contribution in [1.82, 2.24) is 8.55 Å². The van der Waals surface area contributed by atoms with Crippen LogP contribution in [0.5, 0.6) is 0 Å². The normalized spacial score (nSPS) is 12.2. The number of benzene rings is 1. The fourth-order valence-electron chi connectivity index (χ4n) is 2.04. The predicted molar refractivity (Wildman–Crippen MR) is 88.2 cm³/mol. The van der Waals surface area contributed by atoms with Gasteiger partial charge in [-0.25, -0.2) is 0 Å². The molecule has 2 heterocycles. The standard InChI is InChI=1S/C16H15N3O2Se/c1-11(2)18(21)10-12-7-8-17-15(9-12)19-16(20)13-5-3-4-6-14(13)22-19/h3-11H,1-2H3. The Morgan fingerprint density at radius 3 is 2.82 bits per heavy atom. The maximum absolute atomic E-state index is 12.5. The zero-order valence-electron chi connectivity index (χ0n) is 12.3. The van der Waals surface area contributed by atoms with Gasteiger partial charge in [0, 0.05) is 0 Å². The molecule has 3 rings (SSSR count). The molecule has 112 valence electrons. The summed E-state index contributed by atoms with van der Waals surface area (Å²) >= 11 is -0.117. The van der Waals surface area contributed by atoms with E-state index in [0.717, 1.165) is 19.9 Å². The molecule has 0 fully saturated rings. The second-order valence-electron chi connectivity index (χ2n) is 5.22. The third-order valence-corrected chi connectivity index (χ3v) is 5.54. The number of hydrogen-bond donors (Lipinski definition) is 0. The van der Waals surface area contributed by atoms with Crippen LogP contribution in [0.3, 0.4) is 0 Å². The van der Waals surface area contributed by atoms with Crippen molar-refractivity contribution < 1.29 is 4.74 Å². The van der Waals surface area contributed by atoms with Crippen LogP contribution < -0.4 is 5.56 Å². The molecule has 6 heteroatoms. The van der Waals surface area contributed by atoms with Crippen molar-refractivity contribution >= 4 is 30.6 Å². The van der Waals surface area contributed by atoms with E-state index in [2.05, 4.69) is 4.98 Å². The first-order chi connectivity index (χ1) is 10.6. The Labute approximate surface area is 133 Å². The fourth-order valence-corrected chi connectivity index (χ4v) is 4.07. The van der Waals surface area contributed by atoms with Gasteiger partial charge in [-0.15, -0.1) is 0 Å². The molecule has 0 bridgehead atoms. The molecule has 0 spiro atoms. The minimum atomic E-state index is -0.126. The predicted octanol–water partition coefficient (Wildman–Crippen LogP) is 1.78. The van der Waals surface area contributed by atoms with Crippen LogP contribution >= 0.6 is 0 Å². The van der Waals surface area contributed by atoms with Gasteiger partial charge in [0.2, 0.25) is 0 Å². The van der Waals surface area contributed by atoms with E-state index in [9.17, 15) is 10.0 Å². The van der Waals surface area contributed by atoms with E-state index in [1.807, 2.05) is 38.1 Å². The molecule has 0 N–H and O–H groups in total. The number of fused-ring (bicyclic) bond motifs is 1. The SMILES string of the molecule is CC(C)[N+]([O-])=Cc1ccnc(-n2[se]c3ccccc3c2=O)c1. The van der Waals surface area contributed by atoms with Gasteiger partial charge in [-0.1, -0.05) is 0 Å². The molecule has 3 aromatic rings. The Morgan fingerprint density at radius 1 is 1.32 bits per heavy atom. The van der Waals surface area contributed by atoms with E-state index < -0.39 is 0 Å². The quantitative estimate of drug-likeness (QED) is 0.235. The van der Waals surface area contributed by atoms with Gasteiger partial charge in [0.25, 0.3) is 0 Å². The number of hydrogen-bond acceptors (Lipinski definition) is 3. The van der Waals surface area contributed by atoms with Crippen LogP contribution in [0.15, 0.2) is 47.4 Å². The van der Waals surface area contributed by atoms with Crippen LogP contribution in [0.2, 0.25) is 0 Å². The van der Waals surface area contributed by atoms with Crippen LogP contribution in [0.4, 0.5) is 0 Å². The Bertz CT molecular complexity index is 909. The molecule has 0 amide bonds. The molecule has 0 aliphatic heterocycles. The summed E-state index contributed by atoms with van der Waals surface area (Å²) in [4.78, 5) is 16.7. The number of hydroxylamine groups is 1. The van der Waals surface area contributed by atoms with Crippen molar-refractivity contribution in [2.75, 3.05) is 0 Å². The van der Waals surface area contributed by atoms with Crippen molar-refractivity contribution in [3.8, 4) is 5.82 Å². The van der Waals surface area contributed by atoms with Crippen LogP contribution in [0, 0.1) is 5.21 Å². The van der Waals surface area contributed by atoms with Crippen molar-refractivity contribution in [2.24, 2.45) is 0 Å². The average Bonchev–Trinajstić information content (AvgIpc) is 2.85. The van der Waals surface area contributed by atoms with E-state index in [0.29, 0.717) is 5.82 Å². The molecule has 0 atom stereocenters. The van der Waals surface area contributed by atoms with Crippen molar-refractivity contribution in [1.29, 1.82) is 0 Å². The molecule has 5 nitrogen and oxygen atoms in total. The van der Waals surface area contributed by atoms with Crippen LogP contribution in [0.1, 0.15) is 19.4 Å². The molecule has 0 aliphatic carbocycles. The Balaban J connectivity index is 2.10. The van der Waals surface area contributed by atoms with Gasteiger partial charge in [-0.05, 0) is 0 Å². The first-order valence-electron chi connectivity index (χ1n) is 6.94. The minimum absolute atomic E-state index is 0.0249. The molecule has 1 aromatic carbocycles. The second kappa shape index (κ2) is 5.91. The first kappa shape index (κ1) is 14.8. The van der Waals surface area contributed by atoms with E-state index in [1.165, 1.54) is 6.21 Å². The number of nitrogens with zero attached hydrogens (tertiary/aromatic N) is 3. The molecular formula is C16H15N3O2Se. The van der Waals surface area contributed by atoms with E-state index in [-0.39, 0.29) is 26.3 Å². The summed E-state index contributed by atoms with van der Waals surface area (Å²) < 4.78 is 3.65. The van der Waals surface area contributed by atoms with Gasteiger partial charge in [0.1, 0.15) is 0 Å². The third-order valence-electron chi connectivity index (χ3n) is 3.25. The van der Waals surface area contributed by atoms with Gasteiger partial charge in [0.05, 0.1) is 0 Å². The van der Waals surface area contributed by atoms with Gasteiger partial charge >= 0.3 is 133 Å². The van der Waals surface area contributed by atoms with Gasteiger partial charge in [-0.3, -0.25) is 0 Å². The van der Waals surface area contributed by atoms with Gasteiger partial charge < -0.3 is 0 Å². The van der Waals surface area contributed by atoms with Gasteiger partial charge in [0.15, 0.2) is 0 Å². The average molecular weight is 360 g/mol. The number of aromatic nitrogens is 2. The number of rotatable bonds is 3. The fraction of sp³-hybridized carbons (Fsp3) is 0.188. The monoisotopic (exact) mass is 361 g/mol. The molecule has 0 saturated carbocycles. The van der Waals surface area contributed by atoms with E-state index >= 15 is 0 Å². The van der Waals surface area contributed by atoms with Crippen molar-refractivity contribution in [2.45, 2.75) is 19.9 Å². The topological polar surface area (TPSA) is 61.0 Å². The summed E-state index contributed by atoms with van der Waals surface area (Å²) in [5.74, 6) is 0.590. The van der Waals surface area contributed by atoms with Gasteiger partial charge in [-0.2, -0.15) is 0 Å². The van der Waals surface area contributed by atoms with E-state index in [4.69, 9.17) is 0 Å². The molecule has 0 saturated heterocycles. The van der Waals surface area contributed by atoms with E-state index in [1.54, 1.807) is 21.9 Å². The molecule has 0 aliphatic rings. The summed E-state index contributed by atoms with van der Waals surface area (Å²) in [7, 11) is 0. The Kier molecular flexibility index (Phi) is 3.96. The summed E-state index contributed by atoms with van der Waals surface area (Å²) in [6.07, 6.45) is 3.15. The summed E-state index contributed by atoms with van der Waals surface area (Å²) in [6, 6.07) is 11.0.